The van der Waals surface area contributed by atoms with E-state index in [2.05, 4.69) is 35.0 Å². The van der Waals surface area contributed by atoms with E-state index in [0.29, 0.717) is 0 Å². The minimum absolute atomic E-state index is 0.829. The van der Waals surface area contributed by atoms with E-state index >= 15 is 0 Å². The molecule has 0 saturated heterocycles. The second-order valence-corrected chi connectivity index (χ2v) is 2.86. The van der Waals surface area contributed by atoms with Gasteiger partial charge in [-0.05, 0) is 24.5 Å². The van der Waals surface area contributed by atoms with Crippen molar-refractivity contribution in [1.82, 2.24) is 4.98 Å². The predicted molar refractivity (Wildman–Crippen MR) is 49.5 cm³/mol. The average Bonchev–Trinajstić information content (AvgIpc) is 2.28. The normalized spacial score (nSPS) is 12.8. The van der Waals surface area contributed by atoms with Crippen LogP contribution < -0.4 is 0 Å². The first-order chi connectivity index (χ1) is 5.86. The molecule has 0 radical (unpaired) electrons. The summed E-state index contributed by atoms with van der Waals surface area (Å²) < 4.78 is 0. The van der Waals surface area contributed by atoms with Gasteiger partial charge in [-0.3, -0.25) is 0 Å². The summed E-state index contributed by atoms with van der Waals surface area (Å²) in [6.07, 6.45) is 6.82. The standard InChI is InChI=1S/C11H9N/c1-9-7-10-5-3-2-4-6-11(10)12-8-9/h3,5,7-8H,2H2,1H3. The Morgan fingerprint density at radius 2 is 2.42 bits per heavy atom. The molecule has 1 heterocycles. The van der Waals surface area contributed by atoms with Crippen molar-refractivity contribution in [2.24, 2.45) is 0 Å². The first-order valence-electron chi connectivity index (χ1n) is 3.98. The van der Waals surface area contributed by atoms with Gasteiger partial charge in [0.15, 0.2) is 0 Å². The molecular formula is C11H9N. The van der Waals surface area contributed by atoms with E-state index in [1.165, 1.54) is 5.56 Å². The van der Waals surface area contributed by atoms with E-state index < -0.39 is 0 Å². The minimum Gasteiger partial charge on any atom is -0.247 e. The number of hydrogen-bond acceptors (Lipinski definition) is 1. The molecule has 1 aliphatic rings. The lowest BCUT2D eigenvalue weighted by molar-refractivity contribution is 1.23. The first-order valence-corrected chi connectivity index (χ1v) is 3.98. The summed E-state index contributed by atoms with van der Waals surface area (Å²) in [6.45, 7) is 2.04. The quantitative estimate of drug-likeness (QED) is 0.523. The molecule has 0 unspecified atom stereocenters. The van der Waals surface area contributed by atoms with Gasteiger partial charge in [-0.2, -0.15) is 0 Å². The Hall–Kier alpha value is -1.55. The van der Waals surface area contributed by atoms with E-state index in [9.17, 15) is 0 Å². The molecule has 12 heavy (non-hydrogen) atoms. The fourth-order valence-corrected chi connectivity index (χ4v) is 1.20. The molecule has 0 spiro atoms. The van der Waals surface area contributed by atoms with Crippen LogP contribution in [0.2, 0.25) is 0 Å². The van der Waals surface area contributed by atoms with Crippen LogP contribution in [0.25, 0.3) is 6.08 Å². The molecule has 0 amide bonds. The SMILES string of the molecule is Cc1cnc2c(c1)C=CCC#C2. The summed E-state index contributed by atoms with van der Waals surface area (Å²) >= 11 is 0. The molecule has 1 aromatic rings. The number of aryl methyl sites for hydroxylation is 1. The molecule has 1 aromatic heterocycles. The van der Waals surface area contributed by atoms with Crippen LogP contribution in [0.15, 0.2) is 18.3 Å². The number of nitrogens with zero attached hydrogens (tertiary/aromatic N) is 1. The monoisotopic (exact) mass is 155 g/mol. The van der Waals surface area contributed by atoms with Crippen molar-refractivity contribution in [1.29, 1.82) is 0 Å². The fraction of sp³-hybridized carbons (Fsp3) is 0.182. The highest BCUT2D eigenvalue weighted by Gasteiger charge is 1.99. The Bertz CT molecular complexity index is 391. The van der Waals surface area contributed by atoms with E-state index in [-0.39, 0.29) is 0 Å². The fourth-order valence-electron chi connectivity index (χ4n) is 1.20. The molecule has 1 nitrogen and oxygen atoms in total. The van der Waals surface area contributed by atoms with Crippen LogP contribution in [0, 0.1) is 18.8 Å². The largest absolute Gasteiger partial charge is 0.247 e. The van der Waals surface area contributed by atoms with E-state index in [4.69, 9.17) is 0 Å². The topological polar surface area (TPSA) is 12.9 Å². The second kappa shape index (κ2) is 2.83. The van der Waals surface area contributed by atoms with Crippen LogP contribution >= 0.6 is 0 Å². The van der Waals surface area contributed by atoms with Gasteiger partial charge in [-0.25, -0.2) is 4.98 Å². The van der Waals surface area contributed by atoms with Gasteiger partial charge in [0, 0.05) is 18.2 Å². The van der Waals surface area contributed by atoms with Crippen LogP contribution in [0.4, 0.5) is 0 Å². The Kier molecular flexibility index (Phi) is 1.68. The molecular weight excluding hydrogens is 146 g/mol. The Morgan fingerprint density at radius 3 is 3.33 bits per heavy atom. The summed E-state index contributed by atoms with van der Waals surface area (Å²) in [5.74, 6) is 6.05. The van der Waals surface area contributed by atoms with Crippen molar-refractivity contribution >= 4 is 6.08 Å². The summed E-state index contributed by atoms with van der Waals surface area (Å²) in [4.78, 5) is 4.25. The molecule has 58 valence electrons. The van der Waals surface area contributed by atoms with Crippen molar-refractivity contribution in [3.63, 3.8) is 0 Å². The lowest BCUT2D eigenvalue weighted by atomic mass is 10.1. The van der Waals surface area contributed by atoms with Crippen molar-refractivity contribution in [3.8, 4) is 11.8 Å². The smallest absolute Gasteiger partial charge is 0.120 e. The number of allylic oxidation sites excluding steroid dienone is 1. The molecule has 1 aliphatic carbocycles. The third-order valence-corrected chi connectivity index (χ3v) is 1.78. The van der Waals surface area contributed by atoms with Crippen LogP contribution in [0.1, 0.15) is 23.2 Å². The number of pyridine rings is 1. The molecule has 0 aromatic carbocycles. The zero-order valence-corrected chi connectivity index (χ0v) is 6.96. The lowest BCUT2D eigenvalue weighted by Gasteiger charge is -1.97. The van der Waals surface area contributed by atoms with Crippen LogP contribution in [-0.2, 0) is 0 Å². The highest BCUT2D eigenvalue weighted by molar-refractivity contribution is 5.59. The Morgan fingerprint density at radius 1 is 1.50 bits per heavy atom. The Balaban J connectivity index is 2.62. The van der Waals surface area contributed by atoms with Gasteiger partial charge in [0.05, 0.1) is 0 Å². The highest BCUT2D eigenvalue weighted by Crippen LogP contribution is 2.11. The predicted octanol–water partition coefficient (Wildman–Crippen LogP) is 2.16. The molecule has 0 bridgehead atoms. The molecule has 0 fully saturated rings. The summed E-state index contributed by atoms with van der Waals surface area (Å²) in [7, 11) is 0. The van der Waals surface area contributed by atoms with Crippen molar-refractivity contribution < 1.29 is 0 Å². The number of fused-ring (bicyclic) bond motifs is 1. The van der Waals surface area contributed by atoms with E-state index in [1.54, 1.807) is 0 Å². The Labute approximate surface area is 72.1 Å². The van der Waals surface area contributed by atoms with E-state index in [0.717, 1.165) is 17.7 Å². The molecule has 0 atom stereocenters. The van der Waals surface area contributed by atoms with Crippen molar-refractivity contribution in [2.45, 2.75) is 13.3 Å². The maximum atomic E-state index is 4.25. The van der Waals surface area contributed by atoms with Gasteiger partial charge < -0.3 is 0 Å². The highest BCUT2D eigenvalue weighted by atomic mass is 14.7. The average molecular weight is 155 g/mol. The minimum atomic E-state index is 0.829. The number of hydrogen-bond donors (Lipinski definition) is 0. The third-order valence-electron chi connectivity index (χ3n) is 1.78. The lowest BCUT2D eigenvalue weighted by Crippen LogP contribution is -1.88. The second-order valence-electron chi connectivity index (χ2n) is 2.86. The van der Waals surface area contributed by atoms with Crippen molar-refractivity contribution in [2.75, 3.05) is 0 Å². The molecule has 0 aliphatic heterocycles. The van der Waals surface area contributed by atoms with Crippen LogP contribution in [0.3, 0.4) is 0 Å². The molecule has 2 rings (SSSR count). The zero-order chi connectivity index (χ0) is 8.39. The molecule has 1 heteroatoms. The maximum absolute atomic E-state index is 4.25. The zero-order valence-electron chi connectivity index (χ0n) is 6.96. The summed E-state index contributed by atoms with van der Waals surface area (Å²) in [5.41, 5.74) is 3.22. The summed E-state index contributed by atoms with van der Waals surface area (Å²) in [6, 6.07) is 2.11. The van der Waals surface area contributed by atoms with Crippen molar-refractivity contribution in [3.05, 3.63) is 35.2 Å². The van der Waals surface area contributed by atoms with Gasteiger partial charge in [-0.15, -0.1) is 0 Å². The van der Waals surface area contributed by atoms with Gasteiger partial charge >= 0.3 is 0 Å². The first kappa shape index (κ1) is 7.12. The van der Waals surface area contributed by atoms with Crippen LogP contribution in [0.5, 0.6) is 0 Å². The van der Waals surface area contributed by atoms with Crippen LogP contribution in [-0.4, -0.2) is 4.98 Å². The van der Waals surface area contributed by atoms with Gasteiger partial charge in [0.2, 0.25) is 0 Å². The van der Waals surface area contributed by atoms with Gasteiger partial charge in [0.1, 0.15) is 5.69 Å². The summed E-state index contributed by atoms with van der Waals surface area (Å²) in [5, 5.41) is 0. The number of rotatable bonds is 0. The molecule has 0 N–H and O–H groups in total. The van der Waals surface area contributed by atoms with Gasteiger partial charge in [0.25, 0.3) is 0 Å². The maximum Gasteiger partial charge on any atom is 0.120 e. The number of aromatic nitrogens is 1. The van der Waals surface area contributed by atoms with Gasteiger partial charge in [-0.1, -0.05) is 18.1 Å². The molecule has 0 saturated carbocycles. The van der Waals surface area contributed by atoms with E-state index in [1.807, 2.05) is 13.1 Å². The third kappa shape index (κ3) is 1.24.